The fraction of sp³-hybridized carbons (Fsp3) is 0.333. The molecule has 1 saturated heterocycles. The third kappa shape index (κ3) is 1.36. The van der Waals surface area contributed by atoms with Crippen LogP contribution in [0.5, 0.6) is 0 Å². The van der Waals surface area contributed by atoms with Gasteiger partial charge in [-0.2, -0.15) is 0 Å². The van der Waals surface area contributed by atoms with Crippen molar-refractivity contribution in [3.8, 4) is 0 Å². The minimum atomic E-state index is -1.14. The highest BCUT2D eigenvalue weighted by molar-refractivity contribution is 5.99. The number of carboxylic acids is 1. The number of hydrogen-bond acceptors (Lipinski definition) is 2. The van der Waals surface area contributed by atoms with Crippen molar-refractivity contribution >= 4 is 11.9 Å². The molecule has 1 aliphatic heterocycles. The maximum Gasteiger partial charge on any atom is 0.326 e. The molecule has 4 nitrogen and oxygen atoms in total. The van der Waals surface area contributed by atoms with E-state index in [-0.39, 0.29) is 18.3 Å². The normalized spacial score (nSPS) is 27.2. The highest BCUT2D eigenvalue weighted by Crippen LogP contribution is 2.14. The van der Waals surface area contributed by atoms with E-state index in [0.717, 1.165) is 0 Å². The van der Waals surface area contributed by atoms with Crippen LogP contribution in [0.25, 0.3) is 0 Å². The third-order valence-corrected chi connectivity index (χ3v) is 1.45. The van der Waals surface area contributed by atoms with Gasteiger partial charge in [0.15, 0.2) is 0 Å². The average Bonchev–Trinajstić information content (AvgIpc) is 2.31. The second-order valence-electron chi connectivity index (χ2n) is 2.20. The Hall–Kier alpha value is -1.39. The summed E-state index contributed by atoms with van der Waals surface area (Å²) in [6.07, 6.45) is 0.0585. The smallest absolute Gasteiger partial charge is 0.326 e. The summed E-state index contributed by atoms with van der Waals surface area (Å²) in [5, 5.41) is 10.5. The van der Waals surface area contributed by atoms with Crippen LogP contribution >= 0.6 is 0 Å². The van der Waals surface area contributed by atoms with E-state index < -0.39 is 17.9 Å². The van der Waals surface area contributed by atoms with Crippen molar-refractivity contribution in [3.05, 3.63) is 11.9 Å². The molecular weight excluding hydrogens is 153 g/mol. The average molecular weight is 159 g/mol. The molecule has 0 radical (unpaired) electrons. The largest absolute Gasteiger partial charge is 0.480 e. The predicted molar refractivity (Wildman–Crippen MR) is 33.4 cm³/mol. The summed E-state index contributed by atoms with van der Waals surface area (Å²) >= 11 is 0. The molecule has 0 aliphatic carbocycles. The lowest BCUT2D eigenvalue weighted by atomic mass is 10.2. The lowest BCUT2D eigenvalue weighted by molar-refractivity contribution is -0.140. The lowest BCUT2D eigenvalue weighted by Crippen LogP contribution is -2.32. The van der Waals surface area contributed by atoms with Crippen molar-refractivity contribution in [2.75, 3.05) is 0 Å². The zero-order valence-electron chi connectivity index (χ0n) is 5.50. The van der Waals surface area contributed by atoms with Gasteiger partial charge in [0.1, 0.15) is 6.04 Å². The summed E-state index contributed by atoms with van der Waals surface area (Å²) in [6, 6.07) is -0.968. The molecule has 1 fully saturated rings. The van der Waals surface area contributed by atoms with E-state index >= 15 is 0 Å². The number of carboxylic acid groups (broad SMARTS) is 1. The van der Waals surface area contributed by atoms with Crippen LogP contribution in [0.2, 0.25) is 0 Å². The van der Waals surface area contributed by atoms with Crippen molar-refractivity contribution in [2.24, 2.45) is 0 Å². The molecule has 1 aliphatic rings. The molecule has 0 spiro atoms. The molecule has 1 atom stereocenters. The Morgan fingerprint density at radius 3 is 2.73 bits per heavy atom. The first kappa shape index (κ1) is 7.71. The number of rotatable bonds is 1. The van der Waals surface area contributed by atoms with Crippen LogP contribution in [0.4, 0.5) is 4.39 Å². The van der Waals surface area contributed by atoms with Gasteiger partial charge in [0.25, 0.3) is 0 Å². The van der Waals surface area contributed by atoms with Crippen LogP contribution < -0.4 is 5.32 Å². The van der Waals surface area contributed by atoms with E-state index in [1.54, 1.807) is 0 Å². The Kier molecular flexibility index (Phi) is 1.89. The minimum Gasteiger partial charge on any atom is -0.480 e. The van der Waals surface area contributed by atoms with Crippen molar-refractivity contribution in [3.63, 3.8) is 0 Å². The number of halogens is 1. The van der Waals surface area contributed by atoms with Gasteiger partial charge in [0.2, 0.25) is 5.91 Å². The molecule has 0 aromatic heterocycles. The maximum absolute atomic E-state index is 11.8. The highest BCUT2D eigenvalue weighted by Gasteiger charge is 2.31. The summed E-state index contributed by atoms with van der Waals surface area (Å²) in [7, 11) is 0. The molecule has 0 aromatic carbocycles. The van der Waals surface area contributed by atoms with Gasteiger partial charge in [-0.05, 0) is 0 Å². The zero-order valence-corrected chi connectivity index (χ0v) is 5.50. The van der Waals surface area contributed by atoms with Gasteiger partial charge in [-0.1, -0.05) is 0 Å². The Bertz CT molecular complexity index is 236. The van der Waals surface area contributed by atoms with Crippen LogP contribution in [-0.4, -0.2) is 23.0 Å². The van der Waals surface area contributed by atoms with Gasteiger partial charge in [-0.25, -0.2) is 9.18 Å². The van der Waals surface area contributed by atoms with Crippen LogP contribution in [-0.2, 0) is 9.59 Å². The molecule has 1 rings (SSSR count). The number of amides is 1. The molecule has 0 aromatic rings. The number of hydrogen-bond donors (Lipinski definition) is 2. The SMILES string of the molecule is O=C1N[C@H](C(=O)O)CC1=CF. The standard InChI is InChI=1S/C6H6FNO3/c7-2-3-1-4(6(10)11)8-5(3)9/h2,4H,1H2,(H,8,9)(H,10,11)/t4-/m0/s1. The monoisotopic (exact) mass is 159 g/mol. The summed E-state index contributed by atoms with van der Waals surface area (Å²) in [5.41, 5.74) is -0.114. The highest BCUT2D eigenvalue weighted by atomic mass is 19.1. The summed E-state index contributed by atoms with van der Waals surface area (Å²) in [5.74, 6) is -1.78. The van der Waals surface area contributed by atoms with E-state index in [1.807, 2.05) is 0 Å². The fourth-order valence-corrected chi connectivity index (χ4v) is 0.858. The number of aliphatic carboxylic acids is 1. The molecule has 1 heterocycles. The van der Waals surface area contributed by atoms with Crippen LogP contribution in [0, 0.1) is 0 Å². The lowest BCUT2D eigenvalue weighted by Gasteiger charge is -1.99. The summed E-state index contributed by atoms with van der Waals surface area (Å²) in [6.45, 7) is 0. The molecule has 2 N–H and O–H groups in total. The third-order valence-electron chi connectivity index (χ3n) is 1.45. The first-order chi connectivity index (χ1) is 5.15. The molecule has 5 heteroatoms. The Morgan fingerprint density at radius 1 is 1.82 bits per heavy atom. The van der Waals surface area contributed by atoms with Crippen LogP contribution in [0.1, 0.15) is 6.42 Å². The van der Waals surface area contributed by atoms with E-state index in [4.69, 9.17) is 5.11 Å². The Balaban J connectivity index is 2.72. The molecule has 60 valence electrons. The van der Waals surface area contributed by atoms with Crippen molar-refractivity contribution in [1.82, 2.24) is 5.32 Å². The number of carbonyl (C=O) groups is 2. The van der Waals surface area contributed by atoms with Crippen molar-refractivity contribution in [1.29, 1.82) is 0 Å². The predicted octanol–water partition coefficient (Wildman–Crippen LogP) is -0.187. The van der Waals surface area contributed by atoms with Gasteiger partial charge in [0, 0.05) is 12.0 Å². The van der Waals surface area contributed by atoms with Gasteiger partial charge in [-0.3, -0.25) is 4.79 Å². The van der Waals surface area contributed by atoms with Crippen molar-refractivity contribution < 1.29 is 19.1 Å². The molecule has 1 amide bonds. The van der Waals surface area contributed by atoms with Gasteiger partial charge in [0.05, 0.1) is 6.33 Å². The first-order valence-corrected chi connectivity index (χ1v) is 2.98. The van der Waals surface area contributed by atoms with Gasteiger partial charge in [-0.15, -0.1) is 0 Å². The number of nitrogens with one attached hydrogen (secondary N) is 1. The van der Waals surface area contributed by atoms with E-state index in [0.29, 0.717) is 0 Å². The molecular formula is C6H6FNO3. The Morgan fingerprint density at radius 2 is 2.45 bits per heavy atom. The number of carbonyl (C=O) groups excluding carboxylic acids is 1. The minimum absolute atomic E-state index is 0.0787. The molecule has 0 bridgehead atoms. The summed E-state index contributed by atoms with van der Waals surface area (Å²) in [4.78, 5) is 20.9. The van der Waals surface area contributed by atoms with E-state index in [9.17, 15) is 14.0 Å². The quantitative estimate of drug-likeness (QED) is 0.521. The van der Waals surface area contributed by atoms with Crippen LogP contribution in [0.15, 0.2) is 11.9 Å². The summed E-state index contributed by atoms with van der Waals surface area (Å²) < 4.78 is 11.8. The Labute approximate surface area is 61.7 Å². The molecule has 0 saturated carbocycles. The van der Waals surface area contributed by atoms with E-state index in [1.165, 1.54) is 0 Å². The molecule has 0 unspecified atom stereocenters. The second-order valence-corrected chi connectivity index (χ2v) is 2.20. The first-order valence-electron chi connectivity index (χ1n) is 2.98. The van der Waals surface area contributed by atoms with Gasteiger partial charge < -0.3 is 10.4 Å². The second kappa shape index (κ2) is 2.69. The molecule has 11 heavy (non-hydrogen) atoms. The van der Waals surface area contributed by atoms with Crippen LogP contribution in [0.3, 0.4) is 0 Å². The van der Waals surface area contributed by atoms with Gasteiger partial charge >= 0.3 is 5.97 Å². The topological polar surface area (TPSA) is 66.4 Å². The van der Waals surface area contributed by atoms with Crippen molar-refractivity contribution in [2.45, 2.75) is 12.5 Å². The maximum atomic E-state index is 11.8. The fourth-order valence-electron chi connectivity index (χ4n) is 0.858. The van der Waals surface area contributed by atoms with E-state index in [2.05, 4.69) is 5.32 Å². The zero-order chi connectivity index (χ0) is 8.43.